The second-order valence-corrected chi connectivity index (χ2v) is 9.71. The van der Waals surface area contributed by atoms with Crippen molar-refractivity contribution in [1.82, 2.24) is 9.97 Å². The summed E-state index contributed by atoms with van der Waals surface area (Å²) in [5, 5.41) is 0.803. The van der Waals surface area contributed by atoms with Crippen LogP contribution in [0.25, 0.3) is 44.5 Å². The molecule has 174 valence electrons. The number of furan rings is 1. The molecule has 3 aliphatic carbocycles. The Hall–Kier alpha value is -3.46. The average molecular weight is 469 g/mol. The first-order chi connectivity index (χ1) is 21.3. The number of benzene rings is 2. The molecule has 3 nitrogen and oxygen atoms in total. The lowest BCUT2D eigenvalue weighted by Crippen LogP contribution is -2.32. The van der Waals surface area contributed by atoms with Gasteiger partial charge in [0.1, 0.15) is 5.58 Å². The van der Waals surface area contributed by atoms with E-state index in [4.69, 9.17) is 15.4 Å². The van der Waals surface area contributed by atoms with E-state index in [1.807, 2.05) is 0 Å². The third-order valence-electron chi connectivity index (χ3n) is 7.69. The molecule has 0 spiro atoms. The number of aromatic nitrogens is 2. The fourth-order valence-corrected chi connectivity index (χ4v) is 5.99. The van der Waals surface area contributed by atoms with Crippen molar-refractivity contribution in [3.8, 4) is 22.4 Å². The zero-order valence-corrected chi connectivity index (χ0v) is 19.1. The van der Waals surface area contributed by atoms with Crippen LogP contribution in [0.5, 0.6) is 0 Å². The molecule has 2 aromatic carbocycles. The Labute approximate surface area is 220 Å². The zero-order valence-electron chi connectivity index (χ0n) is 29.1. The molecule has 0 amide bonds. The topological polar surface area (TPSA) is 38.9 Å². The molecule has 0 saturated heterocycles. The van der Waals surface area contributed by atoms with Gasteiger partial charge in [-0.05, 0) is 97.3 Å². The standard InChI is InChI=1S/C32H30N2O/c1-20-7-12-28-30-26(24-5-3-2-4-6-24)13-14-27(31(30)35-32(28)34-20)29-19-22(15-16-33-29)18-25-17-21-8-10-23(25)11-9-21/h2-7,12-16,19,21,23,25H,8-11,17-18H2,1H3/i1D3,2D,3D,4D,5D,6D,18D2. The lowest BCUT2D eigenvalue weighted by Gasteiger charge is -2.42. The van der Waals surface area contributed by atoms with Gasteiger partial charge in [0.25, 0.3) is 0 Å². The Morgan fingerprint density at radius 2 is 1.89 bits per heavy atom. The van der Waals surface area contributed by atoms with Gasteiger partial charge in [-0.2, -0.15) is 0 Å². The van der Waals surface area contributed by atoms with Crippen LogP contribution in [0.2, 0.25) is 0 Å². The Morgan fingerprint density at radius 1 is 1.03 bits per heavy atom. The minimum absolute atomic E-state index is 0.0180. The van der Waals surface area contributed by atoms with E-state index in [-0.39, 0.29) is 40.6 Å². The fourth-order valence-electron chi connectivity index (χ4n) is 5.99. The highest BCUT2D eigenvalue weighted by molar-refractivity contribution is 6.15. The van der Waals surface area contributed by atoms with Gasteiger partial charge in [0, 0.05) is 35.1 Å². The normalized spacial score (nSPS) is 26.6. The van der Waals surface area contributed by atoms with Crippen molar-refractivity contribution >= 4 is 22.1 Å². The van der Waals surface area contributed by atoms with Crippen LogP contribution in [0.15, 0.2) is 77.2 Å². The number of hydrogen-bond donors (Lipinski definition) is 0. The van der Waals surface area contributed by atoms with Crippen LogP contribution in [0.4, 0.5) is 0 Å². The Kier molecular flexibility index (Phi) is 3.10. The van der Waals surface area contributed by atoms with Gasteiger partial charge in [-0.3, -0.25) is 4.98 Å². The van der Waals surface area contributed by atoms with Gasteiger partial charge >= 0.3 is 0 Å². The van der Waals surface area contributed by atoms with E-state index in [1.165, 1.54) is 18.9 Å². The molecule has 3 aromatic heterocycles. The van der Waals surface area contributed by atoms with Crippen molar-refractivity contribution in [1.29, 1.82) is 0 Å². The molecule has 3 saturated carbocycles. The van der Waals surface area contributed by atoms with E-state index in [0.717, 1.165) is 19.3 Å². The third kappa shape index (κ3) is 3.65. The van der Waals surface area contributed by atoms with Gasteiger partial charge in [-0.25, -0.2) is 4.98 Å². The Bertz CT molecular complexity index is 1960. The summed E-state index contributed by atoms with van der Waals surface area (Å²) in [6.45, 7) is -2.49. The summed E-state index contributed by atoms with van der Waals surface area (Å²) in [7, 11) is 0. The summed E-state index contributed by atoms with van der Waals surface area (Å²) in [6, 6.07) is 7.45. The summed E-state index contributed by atoms with van der Waals surface area (Å²) in [5.41, 5.74) is 1.81. The second-order valence-electron chi connectivity index (χ2n) is 9.71. The van der Waals surface area contributed by atoms with Crippen LogP contribution in [-0.2, 0) is 6.37 Å². The van der Waals surface area contributed by atoms with Crippen LogP contribution in [-0.4, -0.2) is 9.97 Å². The van der Waals surface area contributed by atoms with Crippen LogP contribution in [0.1, 0.15) is 57.1 Å². The number of nitrogens with zero attached hydrogens (tertiary/aromatic N) is 2. The molecule has 3 heterocycles. The zero-order chi connectivity index (χ0) is 32.0. The van der Waals surface area contributed by atoms with E-state index >= 15 is 0 Å². The quantitative estimate of drug-likeness (QED) is 0.266. The average Bonchev–Trinajstić information content (AvgIpc) is 3.42. The predicted octanol–water partition coefficient (Wildman–Crippen LogP) is 8.39. The molecule has 8 rings (SSSR count). The van der Waals surface area contributed by atoms with Crippen molar-refractivity contribution in [2.45, 2.75) is 45.3 Å². The third-order valence-corrected chi connectivity index (χ3v) is 7.69. The van der Waals surface area contributed by atoms with Crippen LogP contribution < -0.4 is 0 Å². The first kappa shape index (κ1) is 13.0. The molecule has 3 heteroatoms. The molecule has 3 aliphatic rings. The molecule has 3 fully saturated rings. The molecular formula is C32H30N2O. The maximum absolute atomic E-state index is 9.22. The van der Waals surface area contributed by atoms with Crippen molar-refractivity contribution in [3.63, 3.8) is 0 Å². The number of rotatable bonds is 4. The van der Waals surface area contributed by atoms with Gasteiger partial charge in [0.2, 0.25) is 5.71 Å². The van der Waals surface area contributed by atoms with Gasteiger partial charge in [0.15, 0.2) is 0 Å². The lowest BCUT2D eigenvalue weighted by molar-refractivity contribution is 0.0991. The number of hydrogen-bond acceptors (Lipinski definition) is 3. The van der Waals surface area contributed by atoms with Crippen LogP contribution >= 0.6 is 0 Å². The van der Waals surface area contributed by atoms with Gasteiger partial charge in [-0.1, -0.05) is 49.1 Å². The first-order valence-corrected chi connectivity index (χ1v) is 12.2. The Morgan fingerprint density at radius 3 is 2.69 bits per heavy atom. The number of aryl methyl sites for hydroxylation is 1. The predicted molar refractivity (Wildman–Crippen MR) is 142 cm³/mol. The van der Waals surface area contributed by atoms with Gasteiger partial charge in [0.05, 0.1) is 12.5 Å². The first-order valence-electron chi connectivity index (χ1n) is 17.2. The maximum Gasteiger partial charge on any atom is 0.227 e. The highest BCUT2D eigenvalue weighted by Gasteiger charge is 2.35. The molecule has 5 aromatic rings. The molecule has 2 bridgehead atoms. The van der Waals surface area contributed by atoms with E-state index in [2.05, 4.69) is 9.97 Å². The molecule has 1 unspecified atom stereocenters. The summed E-state index contributed by atoms with van der Waals surface area (Å²) >= 11 is 0. The lowest BCUT2D eigenvalue weighted by atomic mass is 9.63. The summed E-state index contributed by atoms with van der Waals surface area (Å²) in [5.74, 6) is 0.826. The van der Waals surface area contributed by atoms with Gasteiger partial charge < -0.3 is 4.42 Å². The Balaban J connectivity index is 1.46. The van der Waals surface area contributed by atoms with E-state index in [0.29, 0.717) is 45.0 Å². The molecule has 0 aliphatic heterocycles. The van der Waals surface area contributed by atoms with Crippen LogP contribution in [0.3, 0.4) is 0 Å². The minimum atomic E-state index is -2.49. The van der Waals surface area contributed by atoms with Crippen molar-refractivity contribution in [2.75, 3.05) is 0 Å². The molecular weight excluding hydrogens is 428 g/mol. The van der Waals surface area contributed by atoms with E-state index in [1.54, 1.807) is 36.5 Å². The van der Waals surface area contributed by atoms with Crippen molar-refractivity contribution < 1.29 is 18.1 Å². The number of fused-ring (bicyclic) bond motifs is 6. The maximum atomic E-state index is 9.22. The van der Waals surface area contributed by atoms with Crippen LogP contribution in [0, 0.1) is 24.6 Å². The summed E-state index contributed by atoms with van der Waals surface area (Å²) in [4.78, 5) is 8.85. The minimum Gasteiger partial charge on any atom is -0.437 e. The fraction of sp³-hybridized carbons (Fsp3) is 0.312. The monoisotopic (exact) mass is 468 g/mol. The van der Waals surface area contributed by atoms with E-state index in [9.17, 15) is 2.74 Å². The highest BCUT2D eigenvalue weighted by Crippen LogP contribution is 2.46. The molecule has 0 radical (unpaired) electrons. The largest absolute Gasteiger partial charge is 0.437 e. The SMILES string of the molecule is [2H]c1c([2H])c([2H])c(-c2ccc(-c3cc(C([2H])([2H])C4CC5CCC4CC5)ccn3)c3oc4nc(C([2H])([2H])[2H])ccc4c23)c([2H])c1[2H]. The molecule has 0 N–H and O–H groups in total. The van der Waals surface area contributed by atoms with Crippen molar-refractivity contribution in [2.24, 2.45) is 17.8 Å². The van der Waals surface area contributed by atoms with E-state index < -0.39 is 31.4 Å². The van der Waals surface area contributed by atoms with Gasteiger partial charge in [-0.15, -0.1) is 0 Å². The summed E-state index contributed by atoms with van der Waals surface area (Å²) in [6.07, 6.45) is 5.31. The summed E-state index contributed by atoms with van der Waals surface area (Å²) < 4.78 is 89.9. The number of pyridine rings is 2. The highest BCUT2D eigenvalue weighted by atomic mass is 16.3. The molecule has 35 heavy (non-hydrogen) atoms. The van der Waals surface area contributed by atoms with Crippen molar-refractivity contribution in [3.05, 3.63) is 84.1 Å². The molecule has 1 atom stereocenters. The second kappa shape index (κ2) is 8.34. The smallest absolute Gasteiger partial charge is 0.227 e.